The summed E-state index contributed by atoms with van der Waals surface area (Å²) >= 11 is 3.23. The lowest BCUT2D eigenvalue weighted by molar-refractivity contribution is 0.102. The highest BCUT2D eigenvalue weighted by Crippen LogP contribution is 2.12. The first-order valence-electron chi connectivity index (χ1n) is 5.32. The van der Waals surface area contributed by atoms with E-state index in [9.17, 15) is 9.59 Å². The summed E-state index contributed by atoms with van der Waals surface area (Å²) in [6, 6.07) is 8.74. The fraction of sp³-hybridized carbons (Fsp3) is 0.0769. The van der Waals surface area contributed by atoms with Gasteiger partial charge in [-0.1, -0.05) is 17.7 Å². The van der Waals surface area contributed by atoms with Crippen molar-refractivity contribution < 1.29 is 4.79 Å². The van der Waals surface area contributed by atoms with Crippen LogP contribution >= 0.6 is 15.9 Å². The summed E-state index contributed by atoms with van der Waals surface area (Å²) in [5.74, 6) is -0.303. The number of aromatic nitrogens is 1. The van der Waals surface area contributed by atoms with Gasteiger partial charge in [0.2, 0.25) is 0 Å². The van der Waals surface area contributed by atoms with Crippen LogP contribution in [0.2, 0.25) is 0 Å². The summed E-state index contributed by atoms with van der Waals surface area (Å²) < 4.78 is 0.696. The quantitative estimate of drug-likeness (QED) is 0.896. The van der Waals surface area contributed by atoms with E-state index in [0.29, 0.717) is 10.0 Å². The third-order valence-corrected chi connectivity index (χ3v) is 2.85. The maximum absolute atomic E-state index is 12.0. The molecule has 4 nitrogen and oxygen atoms in total. The third kappa shape index (κ3) is 2.87. The zero-order valence-corrected chi connectivity index (χ0v) is 11.2. The average Bonchev–Trinajstić information content (AvgIpc) is 2.34. The zero-order chi connectivity index (χ0) is 13.1. The van der Waals surface area contributed by atoms with Crippen molar-refractivity contribution in [2.24, 2.45) is 0 Å². The molecule has 1 amide bonds. The molecule has 0 aliphatic carbocycles. The fourth-order valence-electron chi connectivity index (χ4n) is 1.53. The number of nitrogens with one attached hydrogen (secondary N) is 2. The number of carbonyl (C=O) groups excluding carboxylic acids is 1. The highest BCUT2D eigenvalue weighted by atomic mass is 79.9. The van der Waals surface area contributed by atoms with Crippen LogP contribution in [-0.4, -0.2) is 10.9 Å². The van der Waals surface area contributed by atoms with Gasteiger partial charge in [-0.15, -0.1) is 0 Å². The van der Waals surface area contributed by atoms with Crippen LogP contribution in [0.4, 0.5) is 5.69 Å². The number of halogens is 1. The molecule has 0 radical (unpaired) electrons. The van der Waals surface area contributed by atoms with Gasteiger partial charge in [0.15, 0.2) is 0 Å². The van der Waals surface area contributed by atoms with Crippen molar-refractivity contribution in [2.45, 2.75) is 6.92 Å². The molecule has 0 unspecified atom stereocenters. The molecule has 2 N–H and O–H groups in total. The normalized spacial score (nSPS) is 10.1. The highest BCUT2D eigenvalue weighted by molar-refractivity contribution is 9.10. The molecule has 1 aromatic heterocycles. The predicted molar refractivity (Wildman–Crippen MR) is 73.9 cm³/mol. The smallest absolute Gasteiger partial charge is 0.271 e. The van der Waals surface area contributed by atoms with E-state index < -0.39 is 0 Å². The van der Waals surface area contributed by atoms with Crippen molar-refractivity contribution in [1.29, 1.82) is 0 Å². The Hall–Kier alpha value is -1.88. The molecule has 0 aliphatic heterocycles. The molecule has 2 aromatic rings. The van der Waals surface area contributed by atoms with Crippen LogP contribution in [0.3, 0.4) is 0 Å². The van der Waals surface area contributed by atoms with Crippen LogP contribution in [-0.2, 0) is 0 Å². The molecule has 5 heteroatoms. The Kier molecular flexibility index (Phi) is 3.62. The van der Waals surface area contributed by atoms with Crippen molar-refractivity contribution in [3.8, 4) is 0 Å². The number of aromatic amines is 1. The second-order valence-electron chi connectivity index (χ2n) is 3.88. The van der Waals surface area contributed by atoms with Gasteiger partial charge in [-0.2, -0.15) is 0 Å². The Labute approximate surface area is 112 Å². The lowest BCUT2D eigenvalue weighted by atomic mass is 10.1. The lowest BCUT2D eigenvalue weighted by Gasteiger charge is -2.05. The SMILES string of the molecule is Cc1cccc(C(=O)Nc2cc(Br)c[nH]c2=O)c1. The number of benzene rings is 1. The average molecular weight is 307 g/mol. The summed E-state index contributed by atoms with van der Waals surface area (Å²) in [6.07, 6.45) is 1.52. The van der Waals surface area contributed by atoms with Crippen molar-refractivity contribution in [2.75, 3.05) is 5.32 Å². The monoisotopic (exact) mass is 306 g/mol. The Bertz CT molecular complexity index is 649. The number of carbonyl (C=O) groups is 1. The second-order valence-corrected chi connectivity index (χ2v) is 4.80. The molecule has 1 aromatic carbocycles. The number of hydrogen-bond donors (Lipinski definition) is 2. The minimum absolute atomic E-state index is 0.218. The Morgan fingerprint density at radius 3 is 2.83 bits per heavy atom. The molecule has 18 heavy (non-hydrogen) atoms. The van der Waals surface area contributed by atoms with Gasteiger partial charge in [0.05, 0.1) is 0 Å². The van der Waals surface area contributed by atoms with Gasteiger partial charge >= 0.3 is 0 Å². The molecule has 0 bridgehead atoms. The summed E-state index contributed by atoms with van der Waals surface area (Å²) in [5.41, 5.74) is 1.40. The van der Waals surface area contributed by atoms with Crippen LogP contribution in [0.25, 0.3) is 0 Å². The molecule has 92 valence electrons. The van der Waals surface area contributed by atoms with E-state index in [2.05, 4.69) is 26.2 Å². The fourth-order valence-corrected chi connectivity index (χ4v) is 1.87. The number of hydrogen-bond acceptors (Lipinski definition) is 2. The first-order chi connectivity index (χ1) is 8.56. The molecular weight excluding hydrogens is 296 g/mol. The Balaban J connectivity index is 2.27. The number of anilines is 1. The number of amides is 1. The molecular formula is C13H11BrN2O2. The van der Waals surface area contributed by atoms with Crippen molar-refractivity contribution >= 4 is 27.5 Å². The maximum atomic E-state index is 12.0. The van der Waals surface area contributed by atoms with E-state index in [4.69, 9.17) is 0 Å². The predicted octanol–water partition coefficient (Wildman–Crippen LogP) is 2.70. The zero-order valence-electron chi connectivity index (χ0n) is 9.66. The van der Waals surface area contributed by atoms with Crippen molar-refractivity contribution in [3.63, 3.8) is 0 Å². The van der Waals surface area contributed by atoms with Crippen LogP contribution in [0, 0.1) is 6.92 Å². The third-order valence-electron chi connectivity index (χ3n) is 2.40. The van der Waals surface area contributed by atoms with E-state index in [1.165, 1.54) is 6.20 Å². The molecule has 0 fully saturated rings. The van der Waals surface area contributed by atoms with Gasteiger partial charge in [0.1, 0.15) is 5.69 Å². The molecule has 2 rings (SSSR count). The maximum Gasteiger partial charge on any atom is 0.271 e. The topological polar surface area (TPSA) is 62.0 Å². The van der Waals surface area contributed by atoms with Gasteiger partial charge in [-0.3, -0.25) is 9.59 Å². The van der Waals surface area contributed by atoms with Crippen LogP contribution in [0.15, 0.2) is 45.8 Å². The molecule has 0 spiro atoms. The first kappa shape index (κ1) is 12.6. The molecule has 0 saturated carbocycles. The second kappa shape index (κ2) is 5.18. The van der Waals surface area contributed by atoms with Gasteiger partial charge in [-0.05, 0) is 41.1 Å². The van der Waals surface area contributed by atoms with Gasteiger partial charge in [0, 0.05) is 16.2 Å². The van der Waals surface area contributed by atoms with Gasteiger partial charge in [-0.25, -0.2) is 0 Å². The molecule has 1 heterocycles. The lowest BCUT2D eigenvalue weighted by Crippen LogP contribution is -2.19. The highest BCUT2D eigenvalue weighted by Gasteiger charge is 2.08. The standard InChI is InChI=1S/C13H11BrN2O2/c1-8-3-2-4-9(5-8)12(17)16-11-6-10(14)7-15-13(11)18/h2-7H,1H3,(H,15,18)(H,16,17). The summed E-state index contributed by atoms with van der Waals surface area (Å²) in [5, 5.41) is 2.58. The number of rotatable bonds is 2. The number of H-pyrrole nitrogens is 1. The van der Waals surface area contributed by atoms with E-state index in [1.54, 1.807) is 24.3 Å². The van der Waals surface area contributed by atoms with E-state index in [1.807, 2.05) is 13.0 Å². The molecule has 0 atom stereocenters. The Morgan fingerprint density at radius 2 is 2.11 bits per heavy atom. The van der Waals surface area contributed by atoms with Crippen LogP contribution < -0.4 is 10.9 Å². The largest absolute Gasteiger partial charge is 0.326 e. The summed E-state index contributed by atoms with van der Waals surface area (Å²) in [4.78, 5) is 26.0. The number of pyridine rings is 1. The summed E-state index contributed by atoms with van der Waals surface area (Å²) in [7, 11) is 0. The van der Waals surface area contributed by atoms with Gasteiger partial charge < -0.3 is 10.3 Å². The van der Waals surface area contributed by atoms with Gasteiger partial charge in [0.25, 0.3) is 11.5 Å². The van der Waals surface area contributed by atoms with E-state index in [0.717, 1.165) is 5.56 Å². The van der Waals surface area contributed by atoms with Crippen LogP contribution in [0.5, 0.6) is 0 Å². The minimum atomic E-state index is -0.334. The Morgan fingerprint density at radius 1 is 1.33 bits per heavy atom. The molecule has 0 aliphatic rings. The van der Waals surface area contributed by atoms with Crippen LogP contribution in [0.1, 0.15) is 15.9 Å². The van der Waals surface area contributed by atoms with E-state index >= 15 is 0 Å². The van der Waals surface area contributed by atoms with E-state index in [-0.39, 0.29) is 17.2 Å². The summed E-state index contributed by atoms with van der Waals surface area (Å²) in [6.45, 7) is 1.91. The minimum Gasteiger partial charge on any atom is -0.326 e. The molecule has 0 saturated heterocycles. The van der Waals surface area contributed by atoms with Crippen molar-refractivity contribution in [3.05, 3.63) is 62.5 Å². The number of aryl methyl sites for hydroxylation is 1. The van der Waals surface area contributed by atoms with Crippen molar-refractivity contribution in [1.82, 2.24) is 4.98 Å². The first-order valence-corrected chi connectivity index (χ1v) is 6.12.